The number of carbonyl (C=O) groups is 2. The number of nitrogens with zero attached hydrogens (tertiary/aromatic N) is 2. The summed E-state index contributed by atoms with van der Waals surface area (Å²) in [5.74, 6) is 0.444. The first-order chi connectivity index (χ1) is 10.3. The van der Waals surface area contributed by atoms with Crippen LogP contribution >= 0.6 is 0 Å². The van der Waals surface area contributed by atoms with E-state index in [-0.39, 0.29) is 19.5 Å². The summed E-state index contributed by atoms with van der Waals surface area (Å²) >= 11 is 0. The molecule has 0 saturated carbocycles. The van der Waals surface area contributed by atoms with E-state index in [2.05, 4.69) is 33.8 Å². The van der Waals surface area contributed by atoms with Crippen LogP contribution in [-0.4, -0.2) is 42.1 Å². The topological polar surface area (TPSA) is 132 Å². The Labute approximate surface area is 148 Å². The maximum Gasteiger partial charge on any atom is 0.300 e. The predicted molar refractivity (Wildman–Crippen MR) is 82.6 cm³/mol. The van der Waals surface area contributed by atoms with Crippen LogP contribution in [0.15, 0.2) is 24.8 Å². The van der Waals surface area contributed by atoms with Gasteiger partial charge in [-0.05, 0) is 0 Å². The van der Waals surface area contributed by atoms with E-state index < -0.39 is 11.9 Å². The average molecular weight is 378 g/mol. The maximum absolute atomic E-state index is 9.00. The van der Waals surface area contributed by atoms with Crippen molar-refractivity contribution in [3.05, 3.63) is 36.4 Å². The van der Waals surface area contributed by atoms with Gasteiger partial charge in [0.2, 0.25) is 0 Å². The fourth-order valence-corrected chi connectivity index (χ4v) is 0.983. The predicted octanol–water partition coefficient (Wildman–Crippen LogP) is 2.12. The zero-order chi connectivity index (χ0) is 17.4. The molecule has 0 aliphatic rings. The molecule has 126 valence electrons. The molecule has 2 heterocycles. The molecule has 2 aromatic rings. The van der Waals surface area contributed by atoms with Gasteiger partial charge in [-0.1, -0.05) is 13.8 Å². The van der Waals surface area contributed by atoms with E-state index >= 15 is 0 Å². The Morgan fingerprint density at radius 2 is 1.17 bits per heavy atom. The van der Waals surface area contributed by atoms with Gasteiger partial charge in [0.05, 0.1) is 0 Å². The van der Waals surface area contributed by atoms with Crippen LogP contribution in [0.2, 0.25) is 0 Å². The van der Waals surface area contributed by atoms with Crippen molar-refractivity contribution < 1.29 is 39.3 Å². The van der Waals surface area contributed by atoms with Gasteiger partial charge < -0.3 is 20.2 Å². The standard InChI is InChI=1S/2C5H8N2.2C2H4O2.Zn/c2*1-2-5-6-3-4-7-5;2*1-2(3)4;/h2*3-4H,2H2,1H3,(H,6,7);2*1H3,(H,3,4);. The van der Waals surface area contributed by atoms with Crippen LogP contribution in [0.5, 0.6) is 0 Å². The second-order valence-electron chi connectivity index (χ2n) is 3.82. The minimum atomic E-state index is -0.833. The van der Waals surface area contributed by atoms with Crippen molar-refractivity contribution in [3.63, 3.8) is 0 Å². The number of rotatable bonds is 2. The van der Waals surface area contributed by atoms with Crippen molar-refractivity contribution >= 4 is 11.9 Å². The molecular formula is C14H24N4O4Zn. The third-order valence-electron chi connectivity index (χ3n) is 1.78. The van der Waals surface area contributed by atoms with Crippen LogP contribution in [0.25, 0.3) is 0 Å². The number of nitrogens with one attached hydrogen (secondary N) is 2. The minimum Gasteiger partial charge on any atom is -0.481 e. The number of aliphatic carboxylic acids is 2. The molecule has 0 fully saturated rings. The van der Waals surface area contributed by atoms with Crippen LogP contribution in [0.3, 0.4) is 0 Å². The molecule has 0 atom stereocenters. The molecule has 0 amide bonds. The first-order valence-corrected chi connectivity index (χ1v) is 6.68. The Morgan fingerprint density at radius 1 is 0.913 bits per heavy atom. The van der Waals surface area contributed by atoms with E-state index in [0.717, 1.165) is 38.3 Å². The Kier molecular flexibility index (Phi) is 20.3. The monoisotopic (exact) mass is 376 g/mol. The van der Waals surface area contributed by atoms with Gasteiger partial charge in [-0.15, -0.1) is 0 Å². The molecule has 0 aromatic carbocycles. The van der Waals surface area contributed by atoms with Gasteiger partial charge in [0.1, 0.15) is 11.6 Å². The van der Waals surface area contributed by atoms with Crippen LogP contribution < -0.4 is 0 Å². The largest absolute Gasteiger partial charge is 0.481 e. The number of aromatic nitrogens is 4. The van der Waals surface area contributed by atoms with Crippen molar-refractivity contribution in [2.75, 3.05) is 0 Å². The average Bonchev–Trinajstić information content (AvgIpc) is 3.11. The summed E-state index contributed by atoms with van der Waals surface area (Å²) in [6.45, 7) is 6.30. The summed E-state index contributed by atoms with van der Waals surface area (Å²) in [4.78, 5) is 31.9. The smallest absolute Gasteiger partial charge is 0.300 e. The number of aromatic amines is 2. The molecule has 9 heteroatoms. The van der Waals surface area contributed by atoms with Gasteiger partial charge in [-0.2, -0.15) is 0 Å². The summed E-state index contributed by atoms with van der Waals surface area (Å²) < 4.78 is 0. The normalized spacial score (nSPS) is 7.83. The Balaban J connectivity index is -0.000000238. The quantitative estimate of drug-likeness (QED) is 0.593. The number of H-pyrrole nitrogens is 2. The molecule has 0 unspecified atom stereocenters. The van der Waals surface area contributed by atoms with Crippen LogP contribution in [-0.2, 0) is 41.9 Å². The number of carboxylic acids is 2. The summed E-state index contributed by atoms with van der Waals surface area (Å²) in [5.41, 5.74) is 0. The zero-order valence-corrected chi connectivity index (χ0v) is 17.0. The molecule has 0 bridgehead atoms. The second-order valence-corrected chi connectivity index (χ2v) is 3.82. The van der Waals surface area contributed by atoms with Crippen molar-refractivity contribution in [2.24, 2.45) is 0 Å². The van der Waals surface area contributed by atoms with E-state index in [1.54, 1.807) is 12.4 Å². The second kappa shape index (κ2) is 18.0. The third-order valence-corrected chi connectivity index (χ3v) is 1.78. The molecule has 2 aromatic heterocycles. The Morgan fingerprint density at radius 3 is 1.26 bits per heavy atom. The molecule has 23 heavy (non-hydrogen) atoms. The summed E-state index contributed by atoms with van der Waals surface area (Å²) in [5, 5.41) is 14.8. The zero-order valence-electron chi connectivity index (χ0n) is 14.0. The molecule has 4 N–H and O–H groups in total. The van der Waals surface area contributed by atoms with E-state index in [1.165, 1.54) is 0 Å². The van der Waals surface area contributed by atoms with Crippen molar-refractivity contribution in [1.82, 2.24) is 19.9 Å². The Bertz CT molecular complexity index is 433. The van der Waals surface area contributed by atoms with Crippen molar-refractivity contribution in [3.8, 4) is 0 Å². The first kappa shape index (κ1) is 25.9. The maximum atomic E-state index is 9.00. The summed E-state index contributed by atoms with van der Waals surface area (Å²) in [6, 6.07) is 0. The number of hydrogen-bond donors (Lipinski definition) is 4. The van der Waals surface area contributed by atoms with Crippen LogP contribution in [0.4, 0.5) is 0 Å². The van der Waals surface area contributed by atoms with E-state index in [9.17, 15) is 0 Å². The SMILES string of the molecule is CC(=O)O.CC(=O)O.CCc1ncc[nH]1.CCc1ncc[nH]1.[Zn]. The van der Waals surface area contributed by atoms with Gasteiger partial charge in [-0.3, -0.25) is 9.59 Å². The molecule has 2 rings (SSSR count). The van der Waals surface area contributed by atoms with Crippen LogP contribution in [0.1, 0.15) is 39.3 Å². The molecule has 0 radical (unpaired) electrons. The van der Waals surface area contributed by atoms with E-state index in [1.807, 2.05) is 12.4 Å². The molecule has 0 aliphatic carbocycles. The van der Waals surface area contributed by atoms with Crippen molar-refractivity contribution in [2.45, 2.75) is 40.5 Å². The fraction of sp³-hybridized carbons (Fsp3) is 0.429. The summed E-state index contributed by atoms with van der Waals surface area (Å²) in [6.07, 6.45) is 9.18. The fourth-order valence-electron chi connectivity index (χ4n) is 0.983. The Hall–Kier alpha value is -2.02. The van der Waals surface area contributed by atoms with Gasteiger partial charge >= 0.3 is 0 Å². The van der Waals surface area contributed by atoms with Crippen LogP contribution in [0, 0.1) is 0 Å². The summed E-state index contributed by atoms with van der Waals surface area (Å²) in [7, 11) is 0. The van der Waals surface area contributed by atoms with Gasteiger partial charge in [-0.25, -0.2) is 9.97 Å². The third kappa shape index (κ3) is 25.3. The molecule has 0 aliphatic heterocycles. The molecule has 0 spiro atoms. The van der Waals surface area contributed by atoms with Gasteiger partial charge in [0.25, 0.3) is 11.9 Å². The van der Waals surface area contributed by atoms with Gasteiger partial charge in [0, 0.05) is 71.0 Å². The number of aryl methyl sites for hydroxylation is 2. The first-order valence-electron chi connectivity index (χ1n) is 6.68. The van der Waals surface area contributed by atoms with E-state index in [4.69, 9.17) is 19.8 Å². The minimum absolute atomic E-state index is 0. The molecule has 8 nitrogen and oxygen atoms in total. The molecular weight excluding hydrogens is 354 g/mol. The van der Waals surface area contributed by atoms with E-state index in [0.29, 0.717) is 0 Å². The number of carboxylic acid groups (broad SMARTS) is 2. The number of imidazole rings is 2. The number of hydrogen-bond acceptors (Lipinski definition) is 4. The van der Waals surface area contributed by atoms with Crippen molar-refractivity contribution in [1.29, 1.82) is 0 Å². The van der Waals surface area contributed by atoms with Gasteiger partial charge in [0.15, 0.2) is 0 Å². The molecule has 0 saturated heterocycles.